The van der Waals surface area contributed by atoms with Gasteiger partial charge in [0.15, 0.2) is 23.1 Å². The van der Waals surface area contributed by atoms with Gasteiger partial charge in [-0.1, -0.05) is 6.07 Å². The summed E-state index contributed by atoms with van der Waals surface area (Å²) in [6, 6.07) is 9.69. The number of rotatable bonds is 11. The first-order chi connectivity index (χ1) is 20.1. The minimum atomic E-state index is -3.51. The smallest absolute Gasteiger partial charge is 0.407 e. The van der Waals surface area contributed by atoms with E-state index in [-0.39, 0.29) is 23.9 Å². The molecule has 0 fully saturated rings. The van der Waals surface area contributed by atoms with E-state index in [4.69, 9.17) is 9.47 Å². The largest absolute Gasteiger partial charge is 0.494 e. The molecule has 0 aliphatic carbocycles. The van der Waals surface area contributed by atoms with Crippen LogP contribution in [0.25, 0.3) is 10.6 Å². The molecule has 0 aliphatic heterocycles. The predicted molar refractivity (Wildman–Crippen MR) is 147 cm³/mol. The first-order valence-corrected chi connectivity index (χ1v) is 12.6. The number of carbonyl (C=O) groups is 2. The van der Waals surface area contributed by atoms with Gasteiger partial charge in [-0.2, -0.15) is 0 Å². The van der Waals surface area contributed by atoms with E-state index in [1.165, 1.54) is 38.7 Å². The molecule has 17 nitrogen and oxygen atoms in total. The first-order valence-electron chi connectivity index (χ1n) is 11.8. The number of para-hydroxylation sites is 1. The summed E-state index contributed by atoms with van der Waals surface area (Å²) in [5, 5.41) is 54.1. The van der Waals surface area contributed by atoms with E-state index in [9.17, 15) is 24.9 Å². The maximum absolute atomic E-state index is 12.7. The third kappa shape index (κ3) is 7.52. The van der Waals surface area contributed by atoms with Crippen LogP contribution < -0.4 is 30.7 Å². The van der Waals surface area contributed by atoms with Crippen LogP contribution in [0, 0.1) is 0 Å². The second kappa shape index (κ2) is 13.0. The monoisotopic (exact) mass is 599 g/mol. The summed E-state index contributed by atoms with van der Waals surface area (Å²) in [6.07, 6.45) is -2.47. The number of nitrogens with zero attached hydrogens (tertiary/aromatic N) is 5. The van der Waals surface area contributed by atoms with Crippen LogP contribution in [0.1, 0.15) is 15.4 Å². The van der Waals surface area contributed by atoms with Crippen LogP contribution in [0.3, 0.4) is 0 Å². The van der Waals surface area contributed by atoms with Crippen molar-refractivity contribution in [3.05, 3.63) is 53.2 Å². The van der Waals surface area contributed by atoms with Crippen molar-refractivity contribution in [2.45, 2.75) is 12.6 Å². The molecule has 4 rings (SSSR count). The van der Waals surface area contributed by atoms with Crippen molar-refractivity contribution in [1.82, 2.24) is 36.0 Å². The fourth-order valence-electron chi connectivity index (χ4n) is 3.47. The van der Waals surface area contributed by atoms with Gasteiger partial charge >= 0.3 is 12.2 Å². The third-order valence-electron chi connectivity index (χ3n) is 5.26. The minimum absolute atomic E-state index is 0.0354. The summed E-state index contributed by atoms with van der Waals surface area (Å²) in [7, 11) is 4.16. The molecule has 0 bridgehead atoms. The highest BCUT2D eigenvalue weighted by Gasteiger charge is 2.26. The fourth-order valence-corrected chi connectivity index (χ4v) is 4.34. The van der Waals surface area contributed by atoms with E-state index in [1.807, 2.05) is 0 Å². The van der Waals surface area contributed by atoms with Gasteiger partial charge in [0, 0.05) is 23.2 Å². The van der Waals surface area contributed by atoms with Crippen LogP contribution in [-0.4, -0.2) is 80.1 Å². The molecule has 4 aromatic rings. The van der Waals surface area contributed by atoms with Gasteiger partial charge in [0.1, 0.15) is 5.01 Å². The number of benzene rings is 1. The standard InChI is InChI=1S/C24H25N9O8S/c1-39-18-8-7-16(30-32-18)28-17-9-15(19(33-31-17)21(34)29-24(36,37)38)27-14-6-4-5-13(20(14)40-2)22-25-10-12(42-22)11-26-23(35)41-3/h4-10,36-38H,11H2,1-3H3,(H,26,35)(H,29,34)(H2,27,28,30,31). The molecule has 42 heavy (non-hydrogen) atoms. The molecule has 1 aromatic carbocycles. The lowest BCUT2D eigenvalue weighted by Crippen LogP contribution is -2.48. The molecule has 220 valence electrons. The number of alkyl carbamates (subject to hydrolysis) is 1. The second-order valence-corrected chi connectivity index (χ2v) is 9.27. The van der Waals surface area contributed by atoms with Crippen molar-refractivity contribution in [3.8, 4) is 22.2 Å². The van der Waals surface area contributed by atoms with E-state index >= 15 is 0 Å². The zero-order valence-electron chi connectivity index (χ0n) is 22.3. The van der Waals surface area contributed by atoms with E-state index in [2.05, 4.69) is 46.1 Å². The van der Waals surface area contributed by atoms with E-state index in [0.717, 1.165) is 4.88 Å². The van der Waals surface area contributed by atoms with E-state index in [1.54, 1.807) is 41.8 Å². The molecule has 0 radical (unpaired) electrons. The summed E-state index contributed by atoms with van der Waals surface area (Å²) in [4.78, 5) is 29.3. The lowest BCUT2D eigenvalue weighted by atomic mass is 10.1. The number of hydrogen-bond donors (Lipinski definition) is 7. The average Bonchev–Trinajstić information content (AvgIpc) is 3.44. The Morgan fingerprint density at radius 2 is 1.71 bits per heavy atom. The number of thiazole rings is 1. The van der Waals surface area contributed by atoms with Gasteiger partial charge in [-0.05, 0) is 18.2 Å². The lowest BCUT2D eigenvalue weighted by Gasteiger charge is -2.18. The quantitative estimate of drug-likeness (QED) is 0.119. The maximum Gasteiger partial charge on any atom is 0.407 e. The van der Waals surface area contributed by atoms with Gasteiger partial charge in [0.2, 0.25) is 5.88 Å². The number of ether oxygens (including phenoxy) is 3. The van der Waals surface area contributed by atoms with Crippen molar-refractivity contribution in [3.63, 3.8) is 0 Å². The highest BCUT2D eigenvalue weighted by atomic mass is 32.1. The molecule has 0 saturated heterocycles. The summed E-state index contributed by atoms with van der Waals surface area (Å²) in [5.41, 5.74) is 0.603. The van der Waals surface area contributed by atoms with Crippen molar-refractivity contribution in [2.75, 3.05) is 32.0 Å². The molecule has 7 N–H and O–H groups in total. The van der Waals surface area contributed by atoms with Crippen LogP contribution in [0.15, 0.2) is 42.6 Å². The number of hydrogen-bond acceptors (Lipinski definition) is 16. The Morgan fingerprint density at radius 3 is 2.38 bits per heavy atom. The molecule has 0 aliphatic rings. The van der Waals surface area contributed by atoms with Crippen LogP contribution >= 0.6 is 11.3 Å². The summed E-state index contributed by atoms with van der Waals surface area (Å²) >= 11 is 1.31. The van der Waals surface area contributed by atoms with Crippen LogP contribution in [0.5, 0.6) is 11.6 Å². The van der Waals surface area contributed by atoms with Crippen LogP contribution in [0.2, 0.25) is 0 Å². The molecule has 0 atom stereocenters. The highest BCUT2D eigenvalue weighted by Crippen LogP contribution is 2.40. The lowest BCUT2D eigenvalue weighted by molar-refractivity contribution is -0.323. The Kier molecular flexibility index (Phi) is 9.22. The molecule has 0 unspecified atom stereocenters. The van der Waals surface area contributed by atoms with Gasteiger partial charge < -0.3 is 45.5 Å². The molecule has 0 spiro atoms. The number of carbonyl (C=O) groups excluding carboxylic acids is 2. The summed E-state index contributed by atoms with van der Waals surface area (Å²) in [5.74, 6) is -0.103. The molecule has 18 heteroatoms. The van der Waals surface area contributed by atoms with Crippen LogP contribution in [0.4, 0.5) is 27.8 Å². The zero-order valence-corrected chi connectivity index (χ0v) is 23.1. The molecular formula is C24H25N9O8S. The zero-order chi connectivity index (χ0) is 30.3. The first kappa shape index (κ1) is 29.8. The Labute approximate surface area is 241 Å². The number of anilines is 4. The van der Waals surface area contributed by atoms with Gasteiger partial charge in [-0.3, -0.25) is 10.1 Å². The SMILES string of the molecule is COC(=O)NCc1cnc(-c2cccc(Nc3cc(Nc4ccc(OC)nn4)nnc3C(=O)NC(O)(O)O)c2OC)s1. The second-order valence-electron chi connectivity index (χ2n) is 8.16. The Bertz CT molecular complexity index is 1560. The minimum Gasteiger partial charge on any atom is -0.494 e. The maximum atomic E-state index is 12.7. The normalized spacial score (nSPS) is 10.9. The number of aliphatic hydroxyl groups is 3. The fraction of sp³-hybridized carbons (Fsp3) is 0.208. The van der Waals surface area contributed by atoms with Gasteiger partial charge in [0.05, 0.1) is 44.8 Å². The topological polar surface area (TPSA) is 235 Å². The predicted octanol–water partition coefficient (Wildman–Crippen LogP) is 1.07. The molecule has 2 amide bonds. The number of amides is 2. The Morgan fingerprint density at radius 1 is 0.929 bits per heavy atom. The van der Waals surface area contributed by atoms with E-state index < -0.39 is 23.8 Å². The summed E-state index contributed by atoms with van der Waals surface area (Å²) < 4.78 is 15.3. The van der Waals surface area contributed by atoms with Crippen molar-refractivity contribution in [2.24, 2.45) is 0 Å². The Hall–Kier alpha value is -5.17. The van der Waals surface area contributed by atoms with Crippen molar-refractivity contribution in [1.29, 1.82) is 0 Å². The van der Waals surface area contributed by atoms with Gasteiger partial charge in [-0.25, -0.2) is 9.78 Å². The number of nitrogens with one attached hydrogen (secondary N) is 4. The average molecular weight is 600 g/mol. The van der Waals surface area contributed by atoms with Crippen LogP contribution in [-0.2, 0) is 11.3 Å². The molecule has 3 aromatic heterocycles. The number of aromatic nitrogens is 5. The van der Waals surface area contributed by atoms with Gasteiger partial charge in [-0.15, -0.1) is 31.7 Å². The van der Waals surface area contributed by atoms with E-state index in [0.29, 0.717) is 27.9 Å². The third-order valence-corrected chi connectivity index (χ3v) is 6.29. The molecule has 0 saturated carbocycles. The van der Waals surface area contributed by atoms with Gasteiger partial charge in [0.25, 0.3) is 5.91 Å². The highest BCUT2D eigenvalue weighted by molar-refractivity contribution is 7.15. The van der Waals surface area contributed by atoms with Crippen molar-refractivity contribution >= 4 is 46.3 Å². The molecule has 3 heterocycles. The molecular weight excluding hydrogens is 574 g/mol. The Balaban J connectivity index is 1.68. The summed E-state index contributed by atoms with van der Waals surface area (Å²) in [6.45, 7) is 0.210. The number of methoxy groups -OCH3 is 3. The van der Waals surface area contributed by atoms with Crippen molar-refractivity contribution < 1.29 is 39.1 Å².